The molecule has 0 saturated carbocycles. The van der Waals surface area contributed by atoms with Gasteiger partial charge in [-0.15, -0.1) is 0 Å². The van der Waals surface area contributed by atoms with E-state index in [4.69, 9.17) is 10.1 Å². The Morgan fingerprint density at radius 3 is 2.57 bits per heavy atom. The van der Waals surface area contributed by atoms with E-state index in [9.17, 15) is 13.6 Å². The molecule has 1 amide bonds. The molecule has 0 bridgehead atoms. The van der Waals surface area contributed by atoms with Gasteiger partial charge in [0.15, 0.2) is 11.6 Å². The SMILES string of the molecule is COc1cc(C)c(NC(=O)/C(F)=C/c2ccc(C=N)c(NPI)c2F)c(C)n1. The molecule has 1 aromatic carbocycles. The predicted octanol–water partition coefficient (Wildman–Crippen LogP) is 5.15. The largest absolute Gasteiger partial charge is 0.481 e. The zero-order chi connectivity index (χ0) is 20.8. The topological polar surface area (TPSA) is 87.1 Å². The van der Waals surface area contributed by atoms with Gasteiger partial charge in [0, 0.05) is 29.8 Å². The number of nitrogens with one attached hydrogen (secondary N) is 3. The monoisotopic (exact) mass is 518 g/mol. The van der Waals surface area contributed by atoms with Gasteiger partial charge in [-0.1, -0.05) is 12.1 Å². The number of pyridine rings is 1. The number of hydrogen-bond donors (Lipinski definition) is 3. The smallest absolute Gasteiger partial charge is 0.284 e. The Hall–Kier alpha value is -2.13. The van der Waals surface area contributed by atoms with Crippen LogP contribution < -0.4 is 15.1 Å². The van der Waals surface area contributed by atoms with Gasteiger partial charge in [0.2, 0.25) is 5.88 Å². The van der Waals surface area contributed by atoms with E-state index in [1.807, 2.05) is 22.0 Å². The van der Waals surface area contributed by atoms with E-state index in [2.05, 4.69) is 15.4 Å². The van der Waals surface area contributed by atoms with Crippen molar-refractivity contribution in [2.75, 3.05) is 17.5 Å². The van der Waals surface area contributed by atoms with Gasteiger partial charge in [0.25, 0.3) is 5.91 Å². The van der Waals surface area contributed by atoms with Crippen molar-refractivity contribution in [2.45, 2.75) is 13.8 Å². The van der Waals surface area contributed by atoms with Gasteiger partial charge in [0.05, 0.1) is 24.2 Å². The first-order valence-electron chi connectivity index (χ1n) is 7.97. The Morgan fingerprint density at radius 1 is 1.32 bits per heavy atom. The highest BCUT2D eigenvalue weighted by molar-refractivity contribution is 14.2. The summed E-state index contributed by atoms with van der Waals surface area (Å²) in [6, 6.07) is 4.41. The van der Waals surface area contributed by atoms with Crippen LogP contribution in [0.4, 0.5) is 20.2 Å². The van der Waals surface area contributed by atoms with E-state index >= 15 is 0 Å². The number of hydrogen-bond acceptors (Lipinski definition) is 5. The Labute approximate surface area is 176 Å². The van der Waals surface area contributed by atoms with Crippen LogP contribution in [-0.2, 0) is 4.79 Å². The number of rotatable bonds is 7. The Balaban J connectivity index is 2.32. The molecule has 10 heteroatoms. The summed E-state index contributed by atoms with van der Waals surface area (Å²) in [5.74, 6) is -2.52. The minimum absolute atomic E-state index is 0.0933. The molecular formula is C18H18F2IN4O2P. The van der Waals surface area contributed by atoms with E-state index in [1.54, 1.807) is 19.9 Å². The second kappa shape index (κ2) is 9.88. The molecule has 0 radical (unpaired) electrons. The van der Waals surface area contributed by atoms with Gasteiger partial charge in [-0.05, 0) is 47.5 Å². The number of nitrogens with zero attached hydrogens (tertiary/aromatic N) is 1. The lowest BCUT2D eigenvalue weighted by Crippen LogP contribution is -2.14. The van der Waals surface area contributed by atoms with Gasteiger partial charge in [-0.3, -0.25) is 4.79 Å². The van der Waals surface area contributed by atoms with Crippen molar-refractivity contribution in [1.82, 2.24) is 4.98 Å². The lowest BCUT2D eigenvalue weighted by atomic mass is 10.1. The third-order valence-corrected chi connectivity index (χ3v) is 5.01. The summed E-state index contributed by atoms with van der Waals surface area (Å²) in [7, 11) is 1.47. The number of halogens is 3. The fourth-order valence-electron chi connectivity index (χ4n) is 2.48. The summed E-state index contributed by atoms with van der Waals surface area (Å²) in [4.78, 5) is 16.4. The van der Waals surface area contributed by atoms with Crippen LogP contribution in [0.15, 0.2) is 24.0 Å². The molecule has 3 N–H and O–H groups in total. The van der Waals surface area contributed by atoms with Gasteiger partial charge in [-0.2, -0.15) is 0 Å². The van der Waals surface area contributed by atoms with Gasteiger partial charge < -0.3 is 20.6 Å². The van der Waals surface area contributed by atoms with Crippen molar-refractivity contribution in [3.63, 3.8) is 0 Å². The average Bonchev–Trinajstić information content (AvgIpc) is 2.67. The zero-order valence-corrected chi connectivity index (χ0v) is 18.4. The van der Waals surface area contributed by atoms with Gasteiger partial charge >= 0.3 is 0 Å². The molecule has 1 heterocycles. The van der Waals surface area contributed by atoms with E-state index in [1.165, 1.54) is 19.2 Å². The molecule has 1 unspecified atom stereocenters. The third kappa shape index (κ3) is 5.02. The molecule has 0 aliphatic carbocycles. The highest BCUT2D eigenvalue weighted by Gasteiger charge is 2.17. The molecule has 0 saturated heterocycles. The molecule has 6 nitrogen and oxygen atoms in total. The van der Waals surface area contributed by atoms with E-state index in [-0.39, 0.29) is 17.6 Å². The Bertz CT molecular complexity index is 930. The van der Waals surface area contributed by atoms with Crippen molar-refractivity contribution in [1.29, 1.82) is 5.41 Å². The van der Waals surface area contributed by atoms with Crippen molar-refractivity contribution < 1.29 is 18.3 Å². The highest BCUT2D eigenvalue weighted by Crippen LogP contribution is 2.31. The molecule has 2 rings (SSSR count). The molecule has 0 aliphatic rings. The van der Waals surface area contributed by atoms with Crippen LogP contribution in [0.25, 0.3) is 6.08 Å². The lowest BCUT2D eigenvalue weighted by molar-refractivity contribution is -0.114. The number of methoxy groups -OCH3 is 1. The maximum absolute atomic E-state index is 14.6. The van der Waals surface area contributed by atoms with Crippen molar-refractivity contribution in [2.24, 2.45) is 0 Å². The summed E-state index contributed by atoms with van der Waals surface area (Å²) < 4.78 is 34.1. The van der Waals surface area contributed by atoms with Crippen molar-refractivity contribution in [3.8, 4) is 5.88 Å². The van der Waals surface area contributed by atoms with E-state index in [0.29, 0.717) is 28.4 Å². The molecule has 0 spiro atoms. The van der Waals surface area contributed by atoms with E-state index < -0.39 is 17.6 Å². The van der Waals surface area contributed by atoms with Crippen LogP contribution in [-0.4, -0.2) is 24.2 Å². The number of aryl methyl sites for hydroxylation is 2. The number of ether oxygens (including phenoxy) is 1. The summed E-state index contributed by atoms with van der Waals surface area (Å²) in [5, 5.41) is 12.6. The van der Waals surface area contributed by atoms with Crippen LogP contribution in [0.5, 0.6) is 5.88 Å². The molecule has 0 fully saturated rings. The van der Waals surface area contributed by atoms with E-state index in [0.717, 1.165) is 12.3 Å². The molecule has 0 aliphatic heterocycles. The van der Waals surface area contributed by atoms with Gasteiger partial charge in [-0.25, -0.2) is 13.8 Å². The quantitative estimate of drug-likeness (QED) is 0.205. The standard InChI is InChI=1S/C18H18F2IN4O2P/c1-9-6-14(27-3)23-10(2)16(9)24-18(26)13(19)7-11-4-5-12(8-22)17(15(11)20)25-28-21/h4-8,22,25,28H,1-3H3,(H,24,26)/b13-7-,22-8?. The van der Waals surface area contributed by atoms with Crippen LogP contribution in [0.2, 0.25) is 0 Å². The third-order valence-electron chi connectivity index (χ3n) is 3.85. The number of carbonyl (C=O) groups excluding carboxylic acids is 1. The predicted molar refractivity (Wildman–Crippen MR) is 118 cm³/mol. The van der Waals surface area contributed by atoms with Crippen molar-refractivity contribution >= 4 is 58.0 Å². The zero-order valence-electron chi connectivity index (χ0n) is 15.3. The average molecular weight is 518 g/mol. The summed E-state index contributed by atoms with van der Waals surface area (Å²) in [6.45, 7) is 3.39. The first-order chi connectivity index (χ1) is 13.3. The minimum Gasteiger partial charge on any atom is -0.481 e. The number of benzene rings is 1. The molecular weight excluding hydrogens is 500 g/mol. The summed E-state index contributed by atoms with van der Waals surface area (Å²) in [5.41, 5.74) is 1.81. The fourth-order valence-corrected chi connectivity index (χ4v) is 3.64. The lowest BCUT2D eigenvalue weighted by Gasteiger charge is -2.12. The van der Waals surface area contributed by atoms with Crippen LogP contribution >= 0.6 is 28.4 Å². The van der Waals surface area contributed by atoms with Crippen LogP contribution in [0.1, 0.15) is 22.4 Å². The second-order valence-electron chi connectivity index (χ2n) is 5.69. The first-order valence-corrected chi connectivity index (χ1v) is 12.1. The fraction of sp³-hybridized carbons (Fsp3) is 0.167. The molecule has 2 aromatic rings. The van der Waals surface area contributed by atoms with Crippen LogP contribution in [0.3, 0.4) is 0 Å². The Kier molecular flexibility index (Phi) is 7.82. The first kappa shape index (κ1) is 22.2. The maximum Gasteiger partial charge on any atom is 0.284 e. The van der Waals surface area contributed by atoms with Crippen LogP contribution in [0, 0.1) is 25.1 Å². The van der Waals surface area contributed by atoms with Gasteiger partial charge in [0.1, 0.15) is 0 Å². The second-order valence-corrected chi connectivity index (χ2v) is 7.74. The molecule has 1 atom stereocenters. The minimum atomic E-state index is -1.15. The Morgan fingerprint density at radius 2 is 2.00 bits per heavy atom. The number of amides is 1. The summed E-state index contributed by atoms with van der Waals surface area (Å²) in [6.07, 6.45) is 1.98. The summed E-state index contributed by atoms with van der Waals surface area (Å²) >= 11 is 2.02. The molecule has 1 aromatic heterocycles. The normalized spacial score (nSPS) is 11.6. The number of aromatic nitrogens is 1. The molecule has 148 valence electrons. The highest BCUT2D eigenvalue weighted by atomic mass is 127. The number of carbonyl (C=O) groups is 1. The maximum atomic E-state index is 14.6. The molecule has 28 heavy (non-hydrogen) atoms. The van der Waals surface area contributed by atoms with Crippen molar-refractivity contribution in [3.05, 3.63) is 52.2 Å². The number of anilines is 2.